The van der Waals surface area contributed by atoms with Crippen molar-refractivity contribution < 1.29 is 13.2 Å². The van der Waals surface area contributed by atoms with Gasteiger partial charge in [0.2, 0.25) is 0 Å². The Morgan fingerprint density at radius 1 is 1.26 bits per heavy atom. The number of nitrogens with one attached hydrogen (secondary N) is 1. The van der Waals surface area contributed by atoms with Crippen LogP contribution >= 0.6 is 11.3 Å². The molecule has 23 heavy (non-hydrogen) atoms. The van der Waals surface area contributed by atoms with Crippen LogP contribution in [0.2, 0.25) is 0 Å². The number of hydrogen-bond donors (Lipinski definition) is 1. The van der Waals surface area contributed by atoms with Crippen LogP contribution in [0, 0.1) is 13.8 Å². The molecule has 1 atom stereocenters. The maximum absolute atomic E-state index is 12.4. The van der Waals surface area contributed by atoms with E-state index in [1.807, 2.05) is 31.2 Å². The van der Waals surface area contributed by atoms with E-state index in [1.54, 1.807) is 6.92 Å². The minimum Gasteiger partial charge on any atom is -0.347 e. The van der Waals surface area contributed by atoms with E-state index in [2.05, 4.69) is 10.3 Å². The van der Waals surface area contributed by atoms with Gasteiger partial charge in [0.1, 0.15) is 9.88 Å². The molecule has 1 aromatic heterocycles. The number of aromatic nitrogens is 1. The summed E-state index contributed by atoms with van der Waals surface area (Å²) in [5.74, 6) is -0.0594. The van der Waals surface area contributed by atoms with Crippen LogP contribution in [0.1, 0.15) is 27.3 Å². The zero-order valence-electron chi connectivity index (χ0n) is 13.0. The summed E-state index contributed by atoms with van der Waals surface area (Å²) in [4.78, 5) is 17.4. The number of rotatable bonds is 3. The fourth-order valence-electron chi connectivity index (χ4n) is 2.59. The molecule has 1 amide bonds. The third kappa shape index (κ3) is 3.61. The van der Waals surface area contributed by atoms with Crippen molar-refractivity contribution in [3.63, 3.8) is 0 Å². The van der Waals surface area contributed by atoms with E-state index < -0.39 is 9.84 Å². The van der Waals surface area contributed by atoms with Gasteiger partial charge >= 0.3 is 0 Å². The molecule has 1 fully saturated rings. The molecule has 1 aliphatic heterocycles. The number of amides is 1. The quantitative estimate of drug-likeness (QED) is 0.922. The molecular weight excluding hydrogens is 332 g/mol. The van der Waals surface area contributed by atoms with Gasteiger partial charge in [0.15, 0.2) is 9.84 Å². The summed E-state index contributed by atoms with van der Waals surface area (Å²) in [6.07, 6.45) is 0.483. The molecule has 5 nitrogen and oxygen atoms in total. The Hall–Kier alpha value is -1.73. The first-order chi connectivity index (χ1) is 10.8. The Bertz CT molecular complexity index is 839. The smallest absolute Gasteiger partial charge is 0.263 e. The Morgan fingerprint density at radius 3 is 2.57 bits per heavy atom. The van der Waals surface area contributed by atoms with Crippen LogP contribution in [0.3, 0.4) is 0 Å². The SMILES string of the molecule is Cc1ccc(-c2nc(C)c(C(=O)NC3CCS(=O)(=O)C3)s2)cc1. The normalized spacial score (nSPS) is 19.7. The van der Waals surface area contributed by atoms with Gasteiger partial charge in [-0.05, 0) is 20.3 Å². The maximum Gasteiger partial charge on any atom is 0.263 e. The lowest BCUT2D eigenvalue weighted by atomic mass is 10.2. The summed E-state index contributed by atoms with van der Waals surface area (Å²) < 4.78 is 23.0. The van der Waals surface area contributed by atoms with Crippen LogP contribution in [0.15, 0.2) is 24.3 Å². The molecule has 0 radical (unpaired) electrons. The first kappa shape index (κ1) is 16.1. The number of carbonyl (C=O) groups is 1. The summed E-state index contributed by atoms with van der Waals surface area (Å²) in [7, 11) is -3.00. The van der Waals surface area contributed by atoms with Gasteiger partial charge in [-0.15, -0.1) is 11.3 Å². The van der Waals surface area contributed by atoms with Gasteiger partial charge in [0.05, 0.1) is 17.2 Å². The van der Waals surface area contributed by atoms with Crippen LogP contribution < -0.4 is 5.32 Å². The van der Waals surface area contributed by atoms with Crippen LogP contribution in [0.5, 0.6) is 0 Å². The Labute approximate surface area is 139 Å². The van der Waals surface area contributed by atoms with Crippen molar-refractivity contribution in [2.24, 2.45) is 0 Å². The summed E-state index contributed by atoms with van der Waals surface area (Å²) >= 11 is 1.34. The first-order valence-electron chi connectivity index (χ1n) is 7.40. The zero-order valence-corrected chi connectivity index (χ0v) is 14.6. The van der Waals surface area contributed by atoms with E-state index in [0.717, 1.165) is 10.6 Å². The minimum atomic E-state index is -3.00. The van der Waals surface area contributed by atoms with Crippen molar-refractivity contribution in [2.45, 2.75) is 26.3 Å². The molecule has 1 saturated heterocycles. The molecule has 1 aliphatic rings. The van der Waals surface area contributed by atoms with Crippen LogP contribution in [-0.2, 0) is 9.84 Å². The molecule has 7 heteroatoms. The molecule has 2 aromatic rings. The van der Waals surface area contributed by atoms with Crippen molar-refractivity contribution in [3.05, 3.63) is 40.4 Å². The molecule has 122 valence electrons. The predicted octanol–water partition coefficient (Wildman–Crippen LogP) is 2.34. The third-order valence-electron chi connectivity index (χ3n) is 3.87. The molecular formula is C16H18N2O3S2. The number of aryl methyl sites for hydroxylation is 2. The van der Waals surface area contributed by atoms with Crippen LogP contribution in [0.25, 0.3) is 10.6 Å². The zero-order chi connectivity index (χ0) is 16.6. The second kappa shape index (κ2) is 6.05. The van der Waals surface area contributed by atoms with Crippen molar-refractivity contribution in [1.29, 1.82) is 0 Å². The molecule has 1 N–H and O–H groups in total. The van der Waals surface area contributed by atoms with E-state index in [4.69, 9.17) is 0 Å². The highest BCUT2D eigenvalue weighted by Crippen LogP contribution is 2.28. The number of thiazole rings is 1. The topological polar surface area (TPSA) is 76.1 Å². The van der Waals surface area contributed by atoms with Gasteiger partial charge in [0, 0.05) is 11.6 Å². The number of benzene rings is 1. The van der Waals surface area contributed by atoms with Crippen molar-refractivity contribution in [1.82, 2.24) is 10.3 Å². The van der Waals surface area contributed by atoms with Gasteiger partial charge in [-0.2, -0.15) is 0 Å². The highest BCUT2D eigenvalue weighted by Gasteiger charge is 2.30. The highest BCUT2D eigenvalue weighted by atomic mass is 32.2. The Balaban J connectivity index is 1.78. The Kier molecular flexibility index (Phi) is 4.25. The van der Waals surface area contributed by atoms with Crippen molar-refractivity contribution >= 4 is 27.1 Å². The van der Waals surface area contributed by atoms with Gasteiger partial charge in [-0.3, -0.25) is 4.79 Å². The third-order valence-corrected chi connectivity index (χ3v) is 6.84. The molecule has 0 bridgehead atoms. The number of carbonyl (C=O) groups excluding carboxylic acids is 1. The molecule has 1 aromatic carbocycles. The molecule has 2 heterocycles. The maximum atomic E-state index is 12.4. The van der Waals surface area contributed by atoms with Crippen LogP contribution in [-0.4, -0.2) is 36.9 Å². The average molecular weight is 350 g/mol. The van der Waals surface area contributed by atoms with Gasteiger partial charge < -0.3 is 5.32 Å². The standard InChI is InChI=1S/C16H18N2O3S2/c1-10-3-5-12(6-4-10)16-17-11(2)14(22-16)15(19)18-13-7-8-23(20,21)9-13/h3-6,13H,7-9H2,1-2H3,(H,18,19). The average Bonchev–Trinajstić information content (AvgIpc) is 3.02. The number of hydrogen-bond acceptors (Lipinski definition) is 5. The van der Waals surface area contributed by atoms with E-state index in [-0.39, 0.29) is 23.5 Å². The van der Waals surface area contributed by atoms with Crippen molar-refractivity contribution in [2.75, 3.05) is 11.5 Å². The van der Waals surface area contributed by atoms with Gasteiger partial charge in [-0.25, -0.2) is 13.4 Å². The lowest BCUT2D eigenvalue weighted by Crippen LogP contribution is -2.35. The monoisotopic (exact) mass is 350 g/mol. The van der Waals surface area contributed by atoms with Crippen LogP contribution in [0.4, 0.5) is 0 Å². The summed E-state index contributed by atoms with van der Waals surface area (Å²) in [5, 5.41) is 3.62. The molecule has 1 unspecified atom stereocenters. The lowest BCUT2D eigenvalue weighted by Gasteiger charge is -2.09. The molecule has 0 spiro atoms. The summed E-state index contributed by atoms with van der Waals surface area (Å²) in [6.45, 7) is 3.82. The molecule has 0 saturated carbocycles. The van der Waals surface area contributed by atoms with E-state index in [0.29, 0.717) is 17.0 Å². The lowest BCUT2D eigenvalue weighted by molar-refractivity contribution is 0.0944. The summed E-state index contributed by atoms with van der Waals surface area (Å²) in [6, 6.07) is 7.69. The van der Waals surface area contributed by atoms with Gasteiger partial charge in [0.25, 0.3) is 5.91 Å². The highest BCUT2D eigenvalue weighted by molar-refractivity contribution is 7.91. The predicted molar refractivity (Wildman–Crippen MR) is 91.5 cm³/mol. The minimum absolute atomic E-state index is 0.0292. The second-order valence-electron chi connectivity index (χ2n) is 5.87. The van der Waals surface area contributed by atoms with E-state index >= 15 is 0 Å². The fourth-order valence-corrected chi connectivity index (χ4v) is 5.23. The van der Waals surface area contributed by atoms with Gasteiger partial charge in [-0.1, -0.05) is 29.8 Å². The molecule has 3 rings (SSSR count). The number of nitrogens with zero attached hydrogens (tertiary/aromatic N) is 1. The van der Waals surface area contributed by atoms with E-state index in [9.17, 15) is 13.2 Å². The fraction of sp³-hybridized carbons (Fsp3) is 0.375. The Morgan fingerprint density at radius 2 is 1.96 bits per heavy atom. The summed E-state index contributed by atoms with van der Waals surface area (Å²) in [5.41, 5.74) is 2.82. The van der Waals surface area contributed by atoms with E-state index in [1.165, 1.54) is 16.9 Å². The largest absolute Gasteiger partial charge is 0.347 e. The first-order valence-corrected chi connectivity index (χ1v) is 10.0. The number of sulfone groups is 1. The van der Waals surface area contributed by atoms with Crippen molar-refractivity contribution in [3.8, 4) is 10.6 Å². The molecule has 0 aliphatic carbocycles. The second-order valence-corrected chi connectivity index (χ2v) is 9.10.